The quantitative estimate of drug-likeness (QED) is 0.613. The molecule has 1 saturated heterocycles. The Kier molecular flexibility index (Phi) is 5.27. The molecule has 3 N–H and O–H groups in total. The average molecular weight is 342 g/mol. The van der Waals surface area contributed by atoms with Crippen LogP contribution in [-0.2, 0) is 6.42 Å². The van der Waals surface area contributed by atoms with E-state index in [1.165, 1.54) is 5.56 Å². The van der Waals surface area contributed by atoms with Gasteiger partial charge in [0.25, 0.3) is 0 Å². The second-order valence-electron chi connectivity index (χ2n) is 6.07. The highest BCUT2D eigenvalue weighted by atomic mass is 16.6. The third-order valence-electron chi connectivity index (χ3n) is 4.27. The predicted octanol–water partition coefficient (Wildman–Crippen LogP) is 2.61. The second-order valence-corrected chi connectivity index (χ2v) is 6.07. The number of nitro groups is 1. The average Bonchev–Trinajstić information content (AvgIpc) is 2.62. The number of hydrogen-bond donors (Lipinski definition) is 2. The fraction of sp³-hybridized carbons (Fsp3) is 0.412. The number of nitrogens with zero attached hydrogens (tertiary/aromatic N) is 4. The van der Waals surface area contributed by atoms with E-state index in [0.717, 1.165) is 38.8 Å². The van der Waals surface area contributed by atoms with Crippen LogP contribution >= 0.6 is 0 Å². The van der Waals surface area contributed by atoms with Gasteiger partial charge in [-0.15, -0.1) is 0 Å². The summed E-state index contributed by atoms with van der Waals surface area (Å²) in [5.74, 6) is 0.557. The summed E-state index contributed by atoms with van der Waals surface area (Å²) in [5.41, 5.74) is 6.85. The Hall–Kier alpha value is -2.90. The van der Waals surface area contributed by atoms with Gasteiger partial charge in [0, 0.05) is 19.6 Å². The second kappa shape index (κ2) is 7.78. The van der Waals surface area contributed by atoms with Crippen LogP contribution in [0.5, 0.6) is 0 Å². The molecular formula is C17H22N6O2. The van der Waals surface area contributed by atoms with Gasteiger partial charge in [-0.2, -0.15) is 9.97 Å². The van der Waals surface area contributed by atoms with Crippen LogP contribution in [0.2, 0.25) is 0 Å². The Bertz CT molecular complexity index is 731. The van der Waals surface area contributed by atoms with E-state index in [0.29, 0.717) is 18.3 Å². The molecule has 2 aromatic rings. The smallest absolute Gasteiger partial charge is 0.353 e. The summed E-state index contributed by atoms with van der Waals surface area (Å²) in [6.45, 7) is 2.13. The summed E-state index contributed by atoms with van der Waals surface area (Å²) >= 11 is 0. The zero-order valence-corrected chi connectivity index (χ0v) is 14.0. The van der Waals surface area contributed by atoms with E-state index >= 15 is 0 Å². The van der Waals surface area contributed by atoms with Gasteiger partial charge in [0.1, 0.15) is 0 Å². The monoisotopic (exact) mass is 342 g/mol. The molecule has 0 amide bonds. The molecule has 3 rings (SSSR count). The summed E-state index contributed by atoms with van der Waals surface area (Å²) in [6, 6.07) is 10.0. The summed E-state index contributed by atoms with van der Waals surface area (Å²) < 4.78 is 0. The van der Waals surface area contributed by atoms with E-state index in [4.69, 9.17) is 5.73 Å². The van der Waals surface area contributed by atoms with Gasteiger partial charge in [0.05, 0.1) is 4.92 Å². The van der Waals surface area contributed by atoms with Gasteiger partial charge in [-0.3, -0.25) is 10.1 Å². The molecule has 0 aliphatic carbocycles. The van der Waals surface area contributed by atoms with Crippen molar-refractivity contribution in [3.05, 3.63) is 46.0 Å². The number of nitrogen functional groups attached to an aromatic ring is 1. The predicted molar refractivity (Wildman–Crippen MR) is 97.8 cm³/mol. The van der Waals surface area contributed by atoms with Crippen LogP contribution in [0.15, 0.2) is 30.3 Å². The molecule has 0 saturated carbocycles. The van der Waals surface area contributed by atoms with E-state index in [1.807, 2.05) is 35.2 Å². The Morgan fingerprint density at radius 3 is 2.56 bits per heavy atom. The molecule has 1 fully saturated rings. The van der Waals surface area contributed by atoms with E-state index in [1.54, 1.807) is 0 Å². The van der Waals surface area contributed by atoms with Crippen molar-refractivity contribution < 1.29 is 4.92 Å². The number of anilines is 3. The van der Waals surface area contributed by atoms with E-state index in [9.17, 15) is 10.1 Å². The van der Waals surface area contributed by atoms with Crippen molar-refractivity contribution in [3.63, 3.8) is 0 Å². The minimum Gasteiger partial charge on any atom is -0.378 e. The zero-order valence-electron chi connectivity index (χ0n) is 14.0. The molecule has 1 aromatic heterocycles. The normalized spacial score (nSPS) is 14.3. The minimum atomic E-state index is -0.493. The summed E-state index contributed by atoms with van der Waals surface area (Å²) in [4.78, 5) is 21.3. The molecule has 0 bridgehead atoms. The maximum Gasteiger partial charge on any atom is 0.353 e. The highest BCUT2D eigenvalue weighted by Gasteiger charge is 2.28. The number of aromatic nitrogens is 2. The number of benzene rings is 1. The lowest BCUT2D eigenvalue weighted by molar-refractivity contribution is -0.383. The lowest BCUT2D eigenvalue weighted by Crippen LogP contribution is -2.31. The largest absolute Gasteiger partial charge is 0.378 e. The first-order valence-corrected chi connectivity index (χ1v) is 8.50. The third-order valence-corrected chi connectivity index (χ3v) is 4.27. The lowest BCUT2D eigenvalue weighted by Gasteiger charge is -2.27. The summed E-state index contributed by atoms with van der Waals surface area (Å²) in [5, 5.41) is 14.5. The third kappa shape index (κ3) is 4.14. The molecule has 25 heavy (non-hydrogen) atoms. The molecule has 2 heterocycles. The first kappa shape index (κ1) is 16.9. The zero-order chi connectivity index (χ0) is 17.6. The van der Waals surface area contributed by atoms with Crippen LogP contribution in [0.25, 0.3) is 0 Å². The van der Waals surface area contributed by atoms with Crippen LogP contribution in [0.1, 0.15) is 24.8 Å². The number of hydrogen-bond acceptors (Lipinski definition) is 7. The van der Waals surface area contributed by atoms with Gasteiger partial charge in [0.2, 0.25) is 17.6 Å². The van der Waals surface area contributed by atoms with Crippen LogP contribution < -0.4 is 16.0 Å². The highest BCUT2D eigenvalue weighted by Crippen LogP contribution is 2.33. The van der Waals surface area contributed by atoms with Crippen LogP contribution in [0.3, 0.4) is 0 Å². The van der Waals surface area contributed by atoms with Crippen LogP contribution in [0.4, 0.5) is 23.3 Å². The van der Waals surface area contributed by atoms with Crippen molar-refractivity contribution in [3.8, 4) is 0 Å². The maximum absolute atomic E-state index is 11.4. The fourth-order valence-electron chi connectivity index (χ4n) is 3.00. The van der Waals surface area contributed by atoms with E-state index in [-0.39, 0.29) is 11.5 Å². The van der Waals surface area contributed by atoms with Gasteiger partial charge in [-0.1, -0.05) is 30.3 Å². The van der Waals surface area contributed by atoms with Gasteiger partial charge in [0.15, 0.2) is 0 Å². The fourth-order valence-corrected chi connectivity index (χ4v) is 3.00. The van der Waals surface area contributed by atoms with Crippen molar-refractivity contribution in [1.82, 2.24) is 9.97 Å². The molecule has 0 atom stereocenters. The van der Waals surface area contributed by atoms with Crippen LogP contribution in [-0.4, -0.2) is 34.5 Å². The number of nitrogens with one attached hydrogen (secondary N) is 1. The van der Waals surface area contributed by atoms with Gasteiger partial charge >= 0.3 is 5.69 Å². The standard InChI is InChI=1S/C17H22N6O2/c18-15-14(23(24)25)16(22-11-5-2-6-12-22)21-17(20-15)19-10-9-13-7-3-1-4-8-13/h1,3-4,7-8H,2,5-6,9-12H2,(H3,18,19,20,21). The topological polar surface area (TPSA) is 110 Å². The summed E-state index contributed by atoms with van der Waals surface area (Å²) in [6.07, 6.45) is 3.93. The minimum absolute atomic E-state index is 0.0946. The number of rotatable bonds is 6. The van der Waals surface area contributed by atoms with Crippen molar-refractivity contribution >= 4 is 23.3 Å². The molecule has 8 nitrogen and oxygen atoms in total. The Morgan fingerprint density at radius 2 is 1.88 bits per heavy atom. The molecular weight excluding hydrogens is 320 g/mol. The molecule has 0 unspecified atom stereocenters. The molecule has 8 heteroatoms. The molecule has 0 spiro atoms. The Balaban J connectivity index is 1.77. The maximum atomic E-state index is 11.4. The molecule has 1 aromatic carbocycles. The van der Waals surface area contributed by atoms with E-state index < -0.39 is 4.92 Å². The first-order valence-electron chi connectivity index (χ1n) is 8.50. The van der Waals surface area contributed by atoms with Crippen LogP contribution in [0, 0.1) is 10.1 Å². The van der Waals surface area contributed by atoms with Crippen molar-refractivity contribution in [2.45, 2.75) is 25.7 Å². The lowest BCUT2D eigenvalue weighted by atomic mass is 10.1. The van der Waals surface area contributed by atoms with E-state index in [2.05, 4.69) is 15.3 Å². The summed E-state index contributed by atoms with van der Waals surface area (Å²) in [7, 11) is 0. The molecule has 1 aliphatic heterocycles. The SMILES string of the molecule is Nc1nc(NCCc2ccccc2)nc(N2CCCCC2)c1[N+](=O)[O-]. The van der Waals surface area contributed by atoms with Crippen molar-refractivity contribution in [2.75, 3.05) is 35.6 Å². The van der Waals surface area contributed by atoms with Crippen molar-refractivity contribution in [2.24, 2.45) is 0 Å². The molecule has 132 valence electrons. The number of nitrogens with two attached hydrogens (primary N) is 1. The Morgan fingerprint density at radius 1 is 1.16 bits per heavy atom. The first-order chi connectivity index (χ1) is 12.1. The van der Waals surface area contributed by atoms with Gasteiger partial charge < -0.3 is 16.0 Å². The van der Waals surface area contributed by atoms with Crippen molar-refractivity contribution in [1.29, 1.82) is 0 Å². The van der Waals surface area contributed by atoms with Gasteiger partial charge in [-0.05, 0) is 31.2 Å². The molecule has 1 aliphatic rings. The number of piperidine rings is 1. The highest BCUT2D eigenvalue weighted by molar-refractivity contribution is 5.71. The van der Waals surface area contributed by atoms with Gasteiger partial charge in [-0.25, -0.2) is 0 Å². The molecule has 0 radical (unpaired) electrons. The Labute approximate surface area is 146 Å².